The molecule has 9 nitrogen and oxygen atoms in total. The van der Waals surface area contributed by atoms with Crippen LogP contribution < -0.4 is 10.8 Å². The van der Waals surface area contributed by atoms with Gasteiger partial charge in [-0.25, -0.2) is 5.48 Å². The largest absolute Gasteiger partial charge is 0.379 e. The predicted octanol–water partition coefficient (Wildman–Crippen LogP) is 1.04. The van der Waals surface area contributed by atoms with Crippen LogP contribution in [-0.2, 0) is 20.7 Å². The molecule has 2 aromatic rings. The number of rotatable bonds is 7. The Labute approximate surface area is 211 Å². The van der Waals surface area contributed by atoms with Gasteiger partial charge < -0.3 is 15.0 Å². The molecule has 1 saturated heterocycles. The van der Waals surface area contributed by atoms with E-state index >= 15 is 0 Å². The van der Waals surface area contributed by atoms with Gasteiger partial charge in [-0.05, 0) is 55.3 Å². The van der Waals surface area contributed by atoms with E-state index in [1.807, 2.05) is 12.1 Å². The SMILES string of the molecule is CNC(=O)[C@@](C)(C(=O)NO)N(C)C(=O)c1ccc(C#Cc2ccc(CCN3CCOCC3)cc2)cc1. The van der Waals surface area contributed by atoms with Gasteiger partial charge in [-0.2, -0.15) is 0 Å². The maximum Gasteiger partial charge on any atom is 0.278 e. The Morgan fingerprint density at radius 2 is 1.56 bits per heavy atom. The maximum absolute atomic E-state index is 12.9. The van der Waals surface area contributed by atoms with E-state index in [2.05, 4.69) is 34.2 Å². The molecule has 1 heterocycles. The molecule has 1 fully saturated rings. The van der Waals surface area contributed by atoms with Crippen molar-refractivity contribution in [3.63, 3.8) is 0 Å². The van der Waals surface area contributed by atoms with Crippen molar-refractivity contribution in [2.24, 2.45) is 0 Å². The van der Waals surface area contributed by atoms with Gasteiger partial charge in [0, 0.05) is 50.4 Å². The molecular formula is C27H32N4O5. The monoisotopic (exact) mass is 492 g/mol. The summed E-state index contributed by atoms with van der Waals surface area (Å²) in [6.45, 7) is 5.84. The molecule has 1 atom stereocenters. The van der Waals surface area contributed by atoms with Crippen molar-refractivity contribution in [1.29, 1.82) is 0 Å². The van der Waals surface area contributed by atoms with Crippen LogP contribution in [0, 0.1) is 11.8 Å². The van der Waals surface area contributed by atoms with Gasteiger partial charge in [-0.3, -0.25) is 24.5 Å². The van der Waals surface area contributed by atoms with E-state index in [4.69, 9.17) is 9.94 Å². The van der Waals surface area contributed by atoms with Gasteiger partial charge in [-0.1, -0.05) is 24.0 Å². The quantitative estimate of drug-likeness (QED) is 0.231. The summed E-state index contributed by atoms with van der Waals surface area (Å²) >= 11 is 0. The summed E-state index contributed by atoms with van der Waals surface area (Å²) < 4.78 is 5.39. The first kappa shape index (κ1) is 26.9. The molecule has 0 saturated carbocycles. The molecule has 36 heavy (non-hydrogen) atoms. The van der Waals surface area contributed by atoms with Gasteiger partial charge in [0.25, 0.3) is 17.7 Å². The predicted molar refractivity (Wildman–Crippen MR) is 134 cm³/mol. The molecule has 0 radical (unpaired) electrons. The van der Waals surface area contributed by atoms with Gasteiger partial charge in [0.2, 0.25) is 0 Å². The number of nitrogens with one attached hydrogen (secondary N) is 2. The third-order valence-electron chi connectivity index (χ3n) is 6.45. The fraction of sp³-hybridized carbons (Fsp3) is 0.370. The summed E-state index contributed by atoms with van der Waals surface area (Å²) in [5, 5.41) is 11.4. The molecule has 0 aliphatic carbocycles. The number of likely N-dealkylation sites (N-methyl/N-ethyl adjacent to an activating group) is 2. The van der Waals surface area contributed by atoms with Crippen molar-refractivity contribution in [3.8, 4) is 11.8 Å². The fourth-order valence-electron chi connectivity index (χ4n) is 3.86. The number of morpholine rings is 1. The molecule has 0 bridgehead atoms. The van der Waals surface area contributed by atoms with Crippen molar-refractivity contribution in [1.82, 2.24) is 20.6 Å². The van der Waals surface area contributed by atoms with Gasteiger partial charge in [0.15, 0.2) is 5.54 Å². The third kappa shape index (κ3) is 6.29. The number of carbonyl (C=O) groups is 3. The van der Waals surface area contributed by atoms with Crippen LogP contribution in [0.5, 0.6) is 0 Å². The van der Waals surface area contributed by atoms with E-state index in [0.717, 1.165) is 49.7 Å². The summed E-state index contributed by atoms with van der Waals surface area (Å²) in [5.41, 5.74) is 2.66. The fourth-order valence-corrected chi connectivity index (χ4v) is 3.86. The Morgan fingerprint density at radius 3 is 2.08 bits per heavy atom. The van der Waals surface area contributed by atoms with Gasteiger partial charge >= 0.3 is 0 Å². The molecule has 0 unspecified atom stereocenters. The lowest BCUT2D eigenvalue weighted by atomic mass is 9.96. The van der Waals surface area contributed by atoms with Crippen LogP contribution in [0.2, 0.25) is 0 Å². The van der Waals surface area contributed by atoms with Crippen LogP contribution in [0.3, 0.4) is 0 Å². The van der Waals surface area contributed by atoms with Gasteiger partial charge in [-0.15, -0.1) is 0 Å². The standard InChI is InChI=1S/C27H32N4O5/c1-27(25(33)28-2,26(34)29-35)30(3)24(32)23-12-10-21(11-13-23)5-4-20-6-8-22(9-7-20)14-15-31-16-18-36-19-17-31/h6-13,35H,14-19H2,1-3H3,(H,28,33)(H,29,34)/t27-/m0/s1. The summed E-state index contributed by atoms with van der Waals surface area (Å²) in [6.07, 6.45) is 0.983. The zero-order valence-corrected chi connectivity index (χ0v) is 20.8. The molecule has 3 amide bonds. The van der Waals surface area contributed by atoms with E-state index in [0.29, 0.717) is 5.56 Å². The lowest BCUT2D eigenvalue weighted by Gasteiger charge is -2.34. The highest BCUT2D eigenvalue weighted by molar-refractivity contribution is 6.12. The molecule has 190 valence electrons. The molecule has 0 spiro atoms. The second kappa shape index (κ2) is 12.3. The van der Waals surface area contributed by atoms with Crippen LogP contribution >= 0.6 is 0 Å². The van der Waals surface area contributed by atoms with E-state index < -0.39 is 23.3 Å². The number of hydrogen-bond donors (Lipinski definition) is 3. The van der Waals surface area contributed by atoms with Crippen molar-refractivity contribution in [2.45, 2.75) is 18.9 Å². The number of hydrogen-bond acceptors (Lipinski definition) is 6. The Kier molecular flexibility index (Phi) is 9.19. The zero-order chi connectivity index (χ0) is 26.1. The van der Waals surface area contributed by atoms with Crippen LogP contribution in [0.15, 0.2) is 48.5 Å². The number of benzene rings is 2. The highest BCUT2D eigenvalue weighted by Crippen LogP contribution is 2.18. The molecule has 2 aromatic carbocycles. The summed E-state index contributed by atoms with van der Waals surface area (Å²) in [5.74, 6) is 3.90. The molecule has 3 rings (SSSR count). The lowest BCUT2D eigenvalue weighted by Crippen LogP contribution is -2.64. The van der Waals surface area contributed by atoms with Crippen LogP contribution in [0.25, 0.3) is 0 Å². The molecule has 1 aliphatic heterocycles. The normalized spacial score (nSPS) is 15.1. The van der Waals surface area contributed by atoms with E-state index in [-0.39, 0.29) is 5.56 Å². The third-order valence-corrected chi connectivity index (χ3v) is 6.45. The van der Waals surface area contributed by atoms with Gasteiger partial charge in [0.1, 0.15) is 0 Å². The van der Waals surface area contributed by atoms with Crippen molar-refractivity contribution < 1.29 is 24.3 Å². The number of ether oxygens (including phenoxy) is 1. The number of nitrogens with zero attached hydrogens (tertiary/aromatic N) is 2. The second-order valence-electron chi connectivity index (χ2n) is 8.68. The van der Waals surface area contributed by atoms with E-state index in [1.54, 1.807) is 24.3 Å². The second-order valence-corrected chi connectivity index (χ2v) is 8.68. The Hall–Kier alpha value is -3.71. The minimum Gasteiger partial charge on any atom is -0.379 e. The van der Waals surface area contributed by atoms with Crippen LogP contribution in [0.4, 0.5) is 0 Å². The van der Waals surface area contributed by atoms with Crippen molar-refractivity contribution >= 4 is 17.7 Å². The Morgan fingerprint density at radius 1 is 1.00 bits per heavy atom. The highest BCUT2D eigenvalue weighted by Gasteiger charge is 2.47. The first-order valence-electron chi connectivity index (χ1n) is 11.8. The molecular weight excluding hydrogens is 460 g/mol. The highest BCUT2D eigenvalue weighted by atomic mass is 16.5. The number of carbonyl (C=O) groups excluding carboxylic acids is 3. The molecule has 3 N–H and O–H groups in total. The summed E-state index contributed by atoms with van der Waals surface area (Å²) in [4.78, 5) is 40.8. The molecule has 0 aromatic heterocycles. The van der Waals surface area contributed by atoms with E-state index in [1.165, 1.54) is 32.1 Å². The first-order valence-corrected chi connectivity index (χ1v) is 11.8. The molecule has 1 aliphatic rings. The first-order chi connectivity index (χ1) is 17.3. The average Bonchev–Trinajstić information content (AvgIpc) is 2.94. The number of amides is 3. The number of hydroxylamine groups is 1. The van der Waals surface area contributed by atoms with Crippen LogP contribution in [-0.4, -0.2) is 85.2 Å². The Bertz CT molecular complexity index is 1110. The Balaban J connectivity index is 1.63. The minimum atomic E-state index is -1.94. The van der Waals surface area contributed by atoms with E-state index in [9.17, 15) is 14.4 Å². The topological polar surface area (TPSA) is 111 Å². The summed E-state index contributed by atoms with van der Waals surface area (Å²) in [6, 6.07) is 14.8. The van der Waals surface area contributed by atoms with Crippen molar-refractivity contribution in [2.75, 3.05) is 46.9 Å². The summed E-state index contributed by atoms with van der Waals surface area (Å²) in [7, 11) is 2.67. The molecule has 9 heteroatoms. The zero-order valence-electron chi connectivity index (χ0n) is 20.8. The average molecular weight is 493 g/mol. The van der Waals surface area contributed by atoms with Gasteiger partial charge in [0.05, 0.1) is 13.2 Å². The lowest BCUT2D eigenvalue weighted by molar-refractivity contribution is -0.148. The smallest absolute Gasteiger partial charge is 0.278 e. The van der Waals surface area contributed by atoms with Crippen LogP contribution in [0.1, 0.15) is 34.0 Å². The van der Waals surface area contributed by atoms with Crippen molar-refractivity contribution in [3.05, 3.63) is 70.8 Å². The minimum absolute atomic E-state index is 0.272. The maximum atomic E-state index is 12.9.